The van der Waals surface area contributed by atoms with Crippen LogP contribution in [0.25, 0.3) is 11.4 Å². The molecule has 2 aromatic rings. The molecule has 2 rings (SSSR count). The van der Waals surface area contributed by atoms with E-state index in [9.17, 15) is 4.79 Å². The molecule has 6 heteroatoms. The molecule has 0 aliphatic heterocycles. The smallest absolute Gasteiger partial charge is 0.304 e. The number of aliphatic carboxylic acids is 1. The Labute approximate surface area is 117 Å². The normalized spacial score (nSPS) is 10.9. The highest BCUT2D eigenvalue weighted by Gasteiger charge is 2.11. The van der Waals surface area contributed by atoms with E-state index in [1.165, 1.54) is 5.56 Å². The second kappa shape index (κ2) is 6.29. The van der Waals surface area contributed by atoms with Crippen LogP contribution in [0.15, 0.2) is 28.8 Å². The van der Waals surface area contributed by atoms with E-state index in [-0.39, 0.29) is 6.42 Å². The fraction of sp³-hybridized carbons (Fsp3) is 0.357. The second-order valence-corrected chi connectivity index (χ2v) is 4.76. The Hall–Kier alpha value is -2.21. The molecule has 0 amide bonds. The molecule has 0 atom stereocenters. The number of hydrogen-bond donors (Lipinski definition) is 1. The van der Waals surface area contributed by atoms with E-state index < -0.39 is 5.97 Å². The minimum atomic E-state index is -0.817. The fourth-order valence-corrected chi connectivity index (χ4v) is 1.74. The highest BCUT2D eigenvalue weighted by atomic mass is 16.5. The van der Waals surface area contributed by atoms with Crippen LogP contribution in [0, 0.1) is 6.92 Å². The molecule has 0 aliphatic rings. The molecule has 0 radical (unpaired) electrons. The van der Waals surface area contributed by atoms with Crippen LogP contribution in [0.4, 0.5) is 0 Å². The van der Waals surface area contributed by atoms with E-state index in [2.05, 4.69) is 10.1 Å². The first kappa shape index (κ1) is 14.2. The van der Waals surface area contributed by atoms with E-state index in [0.717, 1.165) is 5.56 Å². The summed E-state index contributed by atoms with van der Waals surface area (Å²) in [6.45, 7) is 2.90. The summed E-state index contributed by atoms with van der Waals surface area (Å²) in [6.07, 6.45) is 0.0927. The zero-order valence-electron chi connectivity index (χ0n) is 11.5. The zero-order valence-corrected chi connectivity index (χ0v) is 11.5. The Kier molecular flexibility index (Phi) is 4.47. The third-order valence-corrected chi connectivity index (χ3v) is 2.89. The van der Waals surface area contributed by atoms with Crippen LogP contribution in [0.3, 0.4) is 0 Å². The van der Waals surface area contributed by atoms with Gasteiger partial charge in [-0.1, -0.05) is 35.0 Å². The maximum Gasteiger partial charge on any atom is 0.304 e. The first-order valence-corrected chi connectivity index (χ1v) is 6.34. The monoisotopic (exact) mass is 275 g/mol. The highest BCUT2D eigenvalue weighted by molar-refractivity contribution is 5.66. The van der Waals surface area contributed by atoms with Gasteiger partial charge in [-0.3, -0.25) is 9.69 Å². The van der Waals surface area contributed by atoms with Crippen LogP contribution >= 0.6 is 0 Å². The van der Waals surface area contributed by atoms with Gasteiger partial charge in [0.25, 0.3) is 0 Å². The minimum absolute atomic E-state index is 0.0927. The lowest BCUT2D eigenvalue weighted by molar-refractivity contribution is -0.137. The van der Waals surface area contributed by atoms with Gasteiger partial charge in [0.05, 0.1) is 13.0 Å². The molecule has 6 nitrogen and oxygen atoms in total. The van der Waals surface area contributed by atoms with Crippen molar-refractivity contribution >= 4 is 5.97 Å². The van der Waals surface area contributed by atoms with E-state index in [4.69, 9.17) is 9.63 Å². The number of carboxylic acid groups (broad SMARTS) is 1. The van der Waals surface area contributed by atoms with Crippen molar-refractivity contribution in [2.24, 2.45) is 0 Å². The van der Waals surface area contributed by atoms with Gasteiger partial charge < -0.3 is 9.63 Å². The molecule has 20 heavy (non-hydrogen) atoms. The van der Waals surface area contributed by atoms with Crippen LogP contribution in [0.2, 0.25) is 0 Å². The lowest BCUT2D eigenvalue weighted by atomic mass is 10.1. The van der Waals surface area contributed by atoms with E-state index in [1.54, 1.807) is 0 Å². The van der Waals surface area contributed by atoms with Gasteiger partial charge in [0, 0.05) is 12.1 Å². The Morgan fingerprint density at radius 1 is 1.35 bits per heavy atom. The molecule has 1 aromatic heterocycles. The predicted octanol–water partition coefficient (Wildman–Crippen LogP) is 1.95. The molecule has 1 N–H and O–H groups in total. The molecule has 1 heterocycles. The molecule has 0 spiro atoms. The van der Waals surface area contributed by atoms with Gasteiger partial charge in [-0.05, 0) is 14.0 Å². The van der Waals surface area contributed by atoms with Crippen molar-refractivity contribution in [3.8, 4) is 11.4 Å². The molecule has 0 bridgehead atoms. The number of rotatable bonds is 6. The van der Waals surface area contributed by atoms with Crippen LogP contribution in [0.5, 0.6) is 0 Å². The van der Waals surface area contributed by atoms with Gasteiger partial charge in [0.2, 0.25) is 11.7 Å². The van der Waals surface area contributed by atoms with Crippen molar-refractivity contribution in [2.45, 2.75) is 19.9 Å². The molecule has 0 aliphatic carbocycles. The second-order valence-electron chi connectivity index (χ2n) is 4.76. The SMILES string of the molecule is Cc1ccc(-c2noc(CN(C)CCC(=O)O)n2)cc1. The molecule has 0 saturated heterocycles. The molecule has 0 saturated carbocycles. The van der Waals surface area contributed by atoms with Crippen LogP contribution < -0.4 is 0 Å². The van der Waals surface area contributed by atoms with Crippen molar-refractivity contribution in [2.75, 3.05) is 13.6 Å². The van der Waals surface area contributed by atoms with Gasteiger partial charge in [0.1, 0.15) is 0 Å². The summed E-state index contributed by atoms with van der Waals surface area (Å²) in [5.41, 5.74) is 2.07. The largest absolute Gasteiger partial charge is 0.481 e. The molecule has 1 aromatic carbocycles. The molecule has 0 unspecified atom stereocenters. The Morgan fingerprint density at radius 3 is 2.70 bits per heavy atom. The Bertz CT molecular complexity index is 578. The van der Waals surface area contributed by atoms with Crippen molar-refractivity contribution in [3.05, 3.63) is 35.7 Å². The maximum atomic E-state index is 10.5. The average molecular weight is 275 g/mol. The van der Waals surface area contributed by atoms with Crippen LogP contribution in [-0.4, -0.2) is 39.7 Å². The number of hydrogen-bond acceptors (Lipinski definition) is 5. The molecular formula is C14H17N3O3. The predicted molar refractivity (Wildman–Crippen MR) is 73.1 cm³/mol. The first-order chi connectivity index (χ1) is 9.54. The topological polar surface area (TPSA) is 79.5 Å². The Balaban J connectivity index is 1.98. The van der Waals surface area contributed by atoms with Crippen molar-refractivity contribution in [3.63, 3.8) is 0 Å². The average Bonchev–Trinajstić information content (AvgIpc) is 2.85. The molecule has 0 fully saturated rings. The Morgan fingerprint density at radius 2 is 2.05 bits per heavy atom. The van der Waals surface area contributed by atoms with E-state index in [0.29, 0.717) is 24.8 Å². The summed E-state index contributed by atoms with van der Waals surface area (Å²) in [4.78, 5) is 16.6. The quantitative estimate of drug-likeness (QED) is 0.868. The van der Waals surface area contributed by atoms with Crippen molar-refractivity contribution in [1.82, 2.24) is 15.0 Å². The van der Waals surface area contributed by atoms with Gasteiger partial charge in [-0.2, -0.15) is 4.98 Å². The third-order valence-electron chi connectivity index (χ3n) is 2.89. The fourth-order valence-electron chi connectivity index (χ4n) is 1.74. The lowest BCUT2D eigenvalue weighted by Crippen LogP contribution is -2.21. The number of benzene rings is 1. The van der Waals surface area contributed by atoms with Gasteiger partial charge in [0.15, 0.2) is 0 Å². The summed E-state index contributed by atoms with van der Waals surface area (Å²) < 4.78 is 5.18. The van der Waals surface area contributed by atoms with Crippen molar-refractivity contribution < 1.29 is 14.4 Å². The van der Waals surface area contributed by atoms with Gasteiger partial charge in [-0.15, -0.1) is 0 Å². The van der Waals surface area contributed by atoms with Gasteiger partial charge in [-0.25, -0.2) is 0 Å². The molecular weight excluding hydrogens is 258 g/mol. The first-order valence-electron chi connectivity index (χ1n) is 6.34. The lowest BCUT2D eigenvalue weighted by Gasteiger charge is -2.11. The standard InChI is InChI=1S/C14H17N3O3/c1-10-3-5-11(6-4-10)14-15-12(20-16-14)9-17(2)8-7-13(18)19/h3-6H,7-9H2,1-2H3,(H,18,19). The minimum Gasteiger partial charge on any atom is -0.481 e. The number of nitrogens with zero attached hydrogens (tertiary/aromatic N) is 3. The summed E-state index contributed by atoms with van der Waals surface area (Å²) in [5, 5.41) is 12.6. The zero-order chi connectivity index (χ0) is 14.5. The maximum absolute atomic E-state index is 10.5. The van der Waals surface area contributed by atoms with E-state index in [1.807, 2.05) is 43.1 Å². The number of aromatic nitrogens is 2. The summed E-state index contributed by atoms with van der Waals surface area (Å²) in [5.74, 6) is 0.211. The third kappa shape index (κ3) is 3.89. The van der Waals surface area contributed by atoms with Gasteiger partial charge >= 0.3 is 5.97 Å². The molecule has 106 valence electrons. The summed E-state index contributed by atoms with van der Waals surface area (Å²) in [7, 11) is 1.82. The number of aryl methyl sites for hydroxylation is 1. The van der Waals surface area contributed by atoms with Crippen LogP contribution in [-0.2, 0) is 11.3 Å². The van der Waals surface area contributed by atoms with Crippen LogP contribution in [0.1, 0.15) is 17.9 Å². The number of carboxylic acids is 1. The van der Waals surface area contributed by atoms with Crippen molar-refractivity contribution in [1.29, 1.82) is 0 Å². The van der Waals surface area contributed by atoms with E-state index >= 15 is 0 Å². The summed E-state index contributed by atoms with van der Waals surface area (Å²) in [6, 6.07) is 7.87. The summed E-state index contributed by atoms with van der Waals surface area (Å²) >= 11 is 0. The highest BCUT2D eigenvalue weighted by Crippen LogP contribution is 2.16. The number of carbonyl (C=O) groups is 1.